The predicted octanol–water partition coefficient (Wildman–Crippen LogP) is 2.13. The Morgan fingerprint density at radius 1 is 1.41 bits per heavy atom. The number of hydrogen-bond donors (Lipinski definition) is 2. The largest absolute Gasteiger partial charge is 0.481 e. The molecular weight excluding hydrogens is 238 g/mol. The lowest BCUT2D eigenvalue weighted by Crippen LogP contribution is -1.97. The molecule has 1 aliphatic carbocycles. The molecule has 2 N–H and O–H groups in total. The zero-order valence-electron chi connectivity index (χ0n) is 10.4. The maximum Gasteiger partial charge on any atom is 0.313 e. The number of carboxylic acid groups (broad SMARTS) is 1. The Morgan fingerprint density at radius 2 is 2.00 bits per heavy atom. The Kier molecular flexibility index (Phi) is 2.72. The van der Waals surface area contributed by atoms with Gasteiger partial charge in [0.05, 0.1) is 5.75 Å². The van der Waals surface area contributed by atoms with Crippen LogP contribution in [0.1, 0.15) is 39.4 Å². The van der Waals surface area contributed by atoms with Crippen LogP contribution in [0.3, 0.4) is 0 Å². The molecule has 0 spiro atoms. The van der Waals surface area contributed by atoms with E-state index in [1.54, 1.807) is 0 Å². The van der Waals surface area contributed by atoms with Crippen LogP contribution < -0.4 is 0 Å². The molecule has 1 fully saturated rings. The van der Waals surface area contributed by atoms with Gasteiger partial charge in [0, 0.05) is 5.92 Å². The third-order valence-electron chi connectivity index (χ3n) is 4.10. The lowest BCUT2D eigenvalue weighted by molar-refractivity contribution is -0.133. The number of hydrogen-bond acceptors (Lipinski definition) is 4. The van der Waals surface area contributed by atoms with Gasteiger partial charge in [0.1, 0.15) is 5.82 Å². The fourth-order valence-electron chi connectivity index (χ4n) is 2.46. The van der Waals surface area contributed by atoms with E-state index in [1.807, 2.05) is 0 Å². The first kappa shape index (κ1) is 12.4. The zero-order chi connectivity index (χ0) is 12.8. The maximum atomic E-state index is 10.4. The van der Waals surface area contributed by atoms with Crippen LogP contribution in [0, 0.1) is 10.8 Å². The minimum atomic E-state index is -0.853. The van der Waals surface area contributed by atoms with Crippen LogP contribution in [0.5, 0.6) is 0 Å². The van der Waals surface area contributed by atoms with Crippen molar-refractivity contribution in [2.75, 3.05) is 5.75 Å². The molecule has 94 valence electrons. The van der Waals surface area contributed by atoms with Crippen molar-refractivity contribution >= 4 is 17.7 Å². The molecule has 1 saturated carbocycles. The van der Waals surface area contributed by atoms with Crippen LogP contribution in [0.2, 0.25) is 0 Å². The van der Waals surface area contributed by atoms with Crippen LogP contribution in [0.25, 0.3) is 0 Å². The molecule has 0 radical (unpaired) electrons. The standard InChI is InChI=1S/C11H17N3O2S/c1-10(2)7(11(10,3)4)8-12-9(14-13-8)17-5-6(15)16/h7H,5H2,1-4H3,(H,15,16)(H,12,13,14). The van der Waals surface area contributed by atoms with Crippen molar-refractivity contribution < 1.29 is 9.90 Å². The van der Waals surface area contributed by atoms with Gasteiger partial charge in [0.2, 0.25) is 5.16 Å². The Labute approximate surface area is 104 Å². The Bertz CT molecular complexity index is 439. The summed E-state index contributed by atoms with van der Waals surface area (Å²) in [4.78, 5) is 14.8. The van der Waals surface area contributed by atoms with Crippen LogP contribution >= 0.6 is 11.8 Å². The first-order chi connectivity index (χ1) is 7.76. The van der Waals surface area contributed by atoms with Crippen molar-refractivity contribution in [1.82, 2.24) is 15.2 Å². The molecule has 6 heteroatoms. The second kappa shape index (κ2) is 3.73. The minimum absolute atomic E-state index is 0.00521. The number of aromatic nitrogens is 3. The highest BCUT2D eigenvalue weighted by Gasteiger charge is 2.66. The summed E-state index contributed by atoms with van der Waals surface area (Å²) in [5.74, 6) is 0.373. The van der Waals surface area contributed by atoms with Gasteiger partial charge in [-0.3, -0.25) is 9.89 Å². The molecule has 5 nitrogen and oxygen atoms in total. The summed E-state index contributed by atoms with van der Waals surface area (Å²) in [6.45, 7) is 8.85. The first-order valence-corrected chi connectivity index (χ1v) is 6.52. The molecule has 0 saturated heterocycles. The Morgan fingerprint density at radius 3 is 2.47 bits per heavy atom. The second-order valence-electron chi connectivity index (χ2n) is 5.56. The van der Waals surface area contributed by atoms with Crippen molar-refractivity contribution in [3.05, 3.63) is 5.82 Å². The molecule has 0 aromatic carbocycles. The van der Waals surface area contributed by atoms with Gasteiger partial charge in [-0.1, -0.05) is 39.5 Å². The van der Waals surface area contributed by atoms with Gasteiger partial charge in [-0.05, 0) is 10.8 Å². The van der Waals surface area contributed by atoms with Crippen LogP contribution in [-0.4, -0.2) is 32.0 Å². The molecular formula is C11H17N3O2S. The van der Waals surface area contributed by atoms with Crippen molar-refractivity contribution in [1.29, 1.82) is 0 Å². The van der Waals surface area contributed by atoms with Gasteiger partial charge in [-0.15, -0.1) is 5.10 Å². The normalized spacial score (nSPS) is 21.4. The average molecular weight is 255 g/mol. The highest BCUT2D eigenvalue weighted by atomic mass is 32.2. The van der Waals surface area contributed by atoms with Crippen molar-refractivity contribution in [2.24, 2.45) is 10.8 Å². The Hall–Kier alpha value is -1.04. The minimum Gasteiger partial charge on any atom is -0.481 e. The summed E-state index contributed by atoms with van der Waals surface area (Å²) in [5.41, 5.74) is 0.419. The van der Waals surface area contributed by atoms with E-state index in [1.165, 1.54) is 0 Å². The van der Waals surface area contributed by atoms with Crippen LogP contribution in [-0.2, 0) is 4.79 Å². The van der Waals surface area contributed by atoms with E-state index in [2.05, 4.69) is 42.9 Å². The first-order valence-electron chi connectivity index (χ1n) is 5.53. The molecule has 17 heavy (non-hydrogen) atoms. The average Bonchev–Trinajstić information content (AvgIpc) is 2.55. The third kappa shape index (κ3) is 1.94. The smallest absolute Gasteiger partial charge is 0.313 e. The van der Waals surface area contributed by atoms with Crippen LogP contribution in [0.15, 0.2) is 5.16 Å². The molecule has 0 amide bonds. The molecule has 1 aliphatic rings. The molecule has 0 aliphatic heterocycles. The fourth-order valence-corrected chi connectivity index (χ4v) is 2.98. The van der Waals surface area contributed by atoms with E-state index in [4.69, 9.17) is 5.11 Å². The third-order valence-corrected chi connectivity index (χ3v) is 4.93. The summed E-state index contributed by atoms with van der Waals surface area (Å²) in [5, 5.41) is 16.1. The quantitative estimate of drug-likeness (QED) is 0.806. The topological polar surface area (TPSA) is 78.9 Å². The number of carboxylic acids is 1. The number of thioether (sulfide) groups is 1. The van der Waals surface area contributed by atoms with Crippen molar-refractivity contribution in [3.8, 4) is 0 Å². The lowest BCUT2D eigenvalue weighted by Gasteiger charge is -2.03. The van der Waals surface area contributed by atoms with E-state index in [9.17, 15) is 4.79 Å². The monoisotopic (exact) mass is 255 g/mol. The van der Waals surface area contributed by atoms with Gasteiger partial charge < -0.3 is 5.11 Å². The van der Waals surface area contributed by atoms with Crippen molar-refractivity contribution in [2.45, 2.75) is 38.8 Å². The molecule has 0 atom stereocenters. The number of aliphatic carboxylic acids is 1. The highest BCUT2D eigenvalue weighted by molar-refractivity contribution is 7.99. The van der Waals surface area contributed by atoms with Crippen LogP contribution in [0.4, 0.5) is 0 Å². The van der Waals surface area contributed by atoms with E-state index < -0.39 is 5.97 Å². The molecule has 0 unspecified atom stereocenters. The van der Waals surface area contributed by atoms with Gasteiger partial charge in [0.15, 0.2) is 0 Å². The van der Waals surface area contributed by atoms with E-state index >= 15 is 0 Å². The second-order valence-corrected chi connectivity index (χ2v) is 6.50. The number of carbonyl (C=O) groups is 1. The van der Waals surface area contributed by atoms with Gasteiger partial charge in [0.25, 0.3) is 0 Å². The SMILES string of the molecule is CC1(C)C(c2nc(SCC(=O)O)n[nH]2)C1(C)C. The van der Waals surface area contributed by atoms with E-state index in [0.717, 1.165) is 17.6 Å². The number of rotatable bonds is 4. The lowest BCUT2D eigenvalue weighted by atomic mass is 10.0. The molecule has 1 aromatic rings. The molecule has 1 heterocycles. The number of nitrogens with zero attached hydrogens (tertiary/aromatic N) is 2. The zero-order valence-corrected chi connectivity index (χ0v) is 11.3. The maximum absolute atomic E-state index is 10.4. The molecule has 2 rings (SSSR count). The fraction of sp³-hybridized carbons (Fsp3) is 0.727. The van der Waals surface area contributed by atoms with Crippen molar-refractivity contribution in [3.63, 3.8) is 0 Å². The van der Waals surface area contributed by atoms with E-state index in [-0.39, 0.29) is 16.6 Å². The number of aromatic amines is 1. The van der Waals surface area contributed by atoms with Gasteiger partial charge in [-0.2, -0.15) is 0 Å². The highest BCUT2D eigenvalue weighted by Crippen LogP contribution is 2.72. The summed E-state index contributed by atoms with van der Waals surface area (Å²) in [6, 6.07) is 0. The molecule has 0 bridgehead atoms. The Balaban J connectivity index is 2.08. The summed E-state index contributed by atoms with van der Waals surface area (Å²) < 4.78 is 0. The summed E-state index contributed by atoms with van der Waals surface area (Å²) in [6.07, 6.45) is 0. The molecule has 1 aromatic heterocycles. The summed E-state index contributed by atoms with van der Waals surface area (Å²) in [7, 11) is 0. The van der Waals surface area contributed by atoms with Gasteiger partial charge >= 0.3 is 5.97 Å². The number of nitrogens with one attached hydrogen (secondary N) is 1. The number of H-pyrrole nitrogens is 1. The van der Waals surface area contributed by atoms with E-state index in [0.29, 0.717) is 11.1 Å². The summed E-state index contributed by atoms with van der Waals surface area (Å²) >= 11 is 1.14. The van der Waals surface area contributed by atoms with Gasteiger partial charge in [-0.25, -0.2) is 4.98 Å². The predicted molar refractivity (Wildman–Crippen MR) is 65.0 cm³/mol.